The van der Waals surface area contributed by atoms with Crippen molar-refractivity contribution in [1.82, 2.24) is 15.5 Å². The molecule has 0 spiro atoms. The second kappa shape index (κ2) is 5.36. The van der Waals surface area contributed by atoms with Crippen LogP contribution in [-0.4, -0.2) is 16.1 Å². The molecule has 0 aliphatic carbocycles. The number of carbonyl (C=O) groups excluding carboxylic acids is 1. The van der Waals surface area contributed by atoms with Gasteiger partial charge in [-0.3, -0.25) is 9.89 Å². The quantitative estimate of drug-likeness (QED) is 0.909. The van der Waals surface area contributed by atoms with Gasteiger partial charge in [0.15, 0.2) is 5.69 Å². The molecule has 1 heterocycles. The standard InChI is InChI=1S/C13H12F3N3O/c1-8-3-2-4-9(5-8)6-17-12(20)10-7-18-19-11(10)13(14,15)16/h2-5,7H,6H2,1H3,(H,17,20)(H,18,19). The minimum Gasteiger partial charge on any atom is -0.348 e. The number of carbonyl (C=O) groups is 1. The van der Waals surface area contributed by atoms with Crippen LogP contribution in [-0.2, 0) is 12.7 Å². The molecule has 0 bridgehead atoms. The van der Waals surface area contributed by atoms with E-state index in [1.807, 2.05) is 25.1 Å². The van der Waals surface area contributed by atoms with Crippen LogP contribution in [0.5, 0.6) is 0 Å². The lowest BCUT2D eigenvalue weighted by Gasteiger charge is -2.08. The second-order valence-corrected chi connectivity index (χ2v) is 4.33. The van der Waals surface area contributed by atoms with Crippen molar-refractivity contribution >= 4 is 5.91 Å². The minimum absolute atomic E-state index is 0.156. The number of benzene rings is 1. The van der Waals surface area contributed by atoms with E-state index in [0.29, 0.717) is 0 Å². The van der Waals surface area contributed by atoms with Crippen molar-refractivity contribution in [3.8, 4) is 0 Å². The molecule has 1 aromatic heterocycles. The van der Waals surface area contributed by atoms with Crippen LogP contribution in [0.3, 0.4) is 0 Å². The number of nitrogens with one attached hydrogen (secondary N) is 2. The number of aromatic amines is 1. The highest BCUT2D eigenvalue weighted by Crippen LogP contribution is 2.29. The normalized spacial score (nSPS) is 11.4. The van der Waals surface area contributed by atoms with Crippen molar-refractivity contribution in [3.63, 3.8) is 0 Å². The average molecular weight is 283 g/mol. The van der Waals surface area contributed by atoms with E-state index in [-0.39, 0.29) is 6.54 Å². The molecule has 2 N–H and O–H groups in total. The first-order valence-electron chi connectivity index (χ1n) is 5.82. The van der Waals surface area contributed by atoms with E-state index in [1.54, 1.807) is 11.2 Å². The Morgan fingerprint density at radius 1 is 1.40 bits per heavy atom. The van der Waals surface area contributed by atoms with E-state index >= 15 is 0 Å². The first-order chi connectivity index (χ1) is 9.38. The molecule has 0 saturated heterocycles. The minimum atomic E-state index is -4.63. The Balaban J connectivity index is 2.08. The number of hydrogen-bond donors (Lipinski definition) is 2. The number of hydrogen-bond acceptors (Lipinski definition) is 2. The van der Waals surface area contributed by atoms with Gasteiger partial charge in [-0.2, -0.15) is 18.3 Å². The summed E-state index contributed by atoms with van der Waals surface area (Å²) >= 11 is 0. The fourth-order valence-corrected chi connectivity index (χ4v) is 1.77. The summed E-state index contributed by atoms with van der Waals surface area (Å²) < 4.78 is 37.8. The van der Waals surface area contributed by atoms with E-state index in [9.17, 15) is 18.0 Å². The van der Waals surface area contributed by atoms with Crippen molar-refractivity contribution in [2.24, 2.45) is 0 Å². The van der Waals surface area contributed by atoms with Gasteiger partial charge in [0.05, 0.1) is 11.8 Å². The molecule has 1 aromatic carbocycles. The summed E-state index contributed by atoms with van der Waals surface area (Å²) in [7, 11) is 0. The summed E-state index contributed by atoms with van der Waals surface area (Å²) in [4.78, 5) is 11.8. The summed E-state index contributed by atoms with van der Waals surface area (Å²) in [5.41, 5.74) is 0.177. The molecule has 7 heteroatoms. The number of aryl methyl sites for hydroxylation is 1. The van der Waals surface area contributed by atoms with Gasteiger partial charge < -0.3 is 5.32 Å². The number of nitrogens with zero attached hydrogens (tertiary/aromatic N) is 1. The predicted molar refractivity (Wildman–Crippen MR) is 65.9 cm³/mol. The highest BCUT2D eigenvalue weighted by Gasteiger charge is 2.37. The van der Waals surface area contributed by atoms with E-state index in [4.69, 9.17) is 0 Å². The first kappa shape index (κ1) is 14.1. The number of rotatable bonds is 3. The van der Waals surface area contributed by atoms with Gasteiger partial charge >= 0.3 is 6.18 Å². The van der Waals surface area contributed by atoms with Gasteiger partial charge in [0.25, 0.3) is 5.91 Å². The molecule has 0 atom stereocenters. The van der Waals surface area contributed by atoms with Gasteiger partial charge in [0, 0.05) is 6.54 Å². The van der Waals surface area contributed by atoms with Crippen LogP contribution >= 0.6 is 0 Å². The highest BCUT2D eigenvalue weighted by atomic mass is 19.4. The van der Waals surface area contributed by atoms with Crippen LogP contribution in [0.2, 0.25) is 0 Å². The van der Waals surface area contributed by atoms with Crippen LogP contribution in [0.25, 0.3) is 0 Å². The van der Waals surface area contributed by atoms with Crippen molar-refractivity contribution < 1.29 is 18.0 Å². The zero-order valence-corrected chi connectivity index (χ0v) is 10.6. The van der Waals surface area contributed by atoms with Crippen molar-refractivity contribution in [2.75, 3.05) is 0 Å². The number of halogens is 3. The summed E-state index contributed by atoms with van der Waals surface area (Å²) in [6, 6.07) is 7.34. The lowest BCUT2D eigenvalue weighted by atomic mass is 10.1. The third-order valence-corrected chi connectivity index (χ3v) is 2.70. The van der Waals surface area contributed by atoms with Crippen LogP contribution in [0.4, 0.5) is 13.2 Å². The van der Waals surface area contributed by atoms with E-state index in [2.05, 4.69) is 10.4 Å². The number of alkyl halides is 3. The molecule has 2 aromatic rings. The van der Waals surface area contributed by atoms with Crippen LogP contribution < -0.4 is 5.32 Å². The Morgan fingerprint density at radius 2 is 2.15 bits per heavy atom. The van der Waals surface area contributed by atoms with Crippen molar-refractivity contribution in [1.29, 1.82) is 0 Å². The fourth-order valence-electron chi connectivity index (χ4n) is 1.77. The third kappa shape index (κ3) is 3.17. The second-order valence-electron chi connectivity index (χ2n) is 4.33. The molecular weight excluding hydrogens is 271 g/mol. The SMILES string of the molecule is Cc1cccc(CNC(=O)c2cn[nH]c2C(F)(F)F)c1. The van der Waals surface area contributed by atoms with Gasteiger partial charge in [0.1, 0.15) is 0 Å². The average Bonchev–Trinajstić information content (AvgIpc) is 2.85. The monoisotopic (exact) mass is 283 g/mol. The van der Waals surface area contributed by atoms with Gasteiger partial charge in [-0.1, -0.05) is 29.8 Å². The number of H-pyrrole nitrogens is 1. The Labute approximate surface area is 113 Å². The summed E-state index contributed by atoms with van der Waals surface area (Å²) in [6.45, 7) is 2.05. The Kier molecular flexibility index (Phi) is 3.78. The summed E-state index contributed by atoms with van der Waals surface area (Å²) in [5.74, 6) is -0.812. The molecule has 0 saturated carbocycles. The Morgan fingerprint density at radius 3 is 2.80 bits per heavy atom. The molecule has 20 heavy (non-hydrogen) atoms. The maximum Gasteiger partial charge on any atom is 0.433 e. The fraction of sp³-hybridized carbons (Fsp3) is 0.231. The molecule has 0 fully saturated rings. The van der Waals surface area contributed by atoms with Crippen molar-refractivity contribution in [2.45, 2.75) is 19.6 Å². The molecule has 1 amide bonds. The molecule has 4 nitrogen and oxygen atoms in total. The Hall–Kier alpha value is -2.31. The molecule has 0 aliphatic heterocycles. The lowest BCUT2D eigenvalue weighted by molar-refractivity contribution is -0.141. The van der Waals surface area contributed by atoms with Crippen molar-refractivity contribution in [3.05, 3.63) is 52.8 Å². The zero-order valence-electron chi connectivity index (χ0n) is 10.6. The van der Waals surface area contributed by atoms with Gasteiger partial charge in [0.2, 0.25) is 0 Å². The van der Waals surface area contributed by atoms with Gasteiger partial charge in [-0.15, -0.1) is 0 Å². The third-order valence-electron chi connectivity index (χ3n) is 2.70. The molecule has 2 rings (SSSR count). The largest absolute Gasteiger partial charge is 0.433 e. The molecule has 106 valence electrons. The molecule has 0 unspecified atom stereocenters. The molecular formula is C13H12F3N3O. The van der Waals surface area contributed by atoms with E-state index in [1.165, 1.54) is 0 Å². The lowest BCUT2D eigenvalue weighted by Crippen LogP contribution is -2.25. The highest BCUT2D eigenvalue weighted by molar-refractivity contribution is 5.95. The first-order valence-corrected chi connectivity index (χ1v) is 5.82. The van der Waals surface area contributed by atoms with Crippen LogP contribution in [0.1, 0.15) is 27.2 Å². The summed E-state index contributed by atoms with van der Waals surface area (Å²) in [5, 5.41) is 7.51. The maximum absolute atomic E-state index is 12.6. The smallest absolute Gasteiger partial charge is 0.348 e. The van der Waals surface area contributed by atoms with E-state index < -0.39 is 23.3 Å². The maximum atomic E-state index is 12.6. The zero-order chi connectivity index (χ0) is 14.8. The van der Waals surface area contributed by atoms with Gasteiger partial charge in [-0.05, 0) is 12.5 Å². The predicted octanol–water partition coefficient (Wildman–Crippen LogP) is 2.67. The Bertz CT molecular complexity index is 619. The topological polar surface area (TPSA) is 57.8 Å². The van der Waals surface area contributed by atoms with Crippen LogP contribution in [0.15, 0.2) is 30.5 Å². The molecule has 0 aliphatic rings. The number of amides is 1. The van der Waals surface area contributed by atoms with Gasteiger partial charge in [-0.25, -0.2) is 0 Å². The van der Waals surface area contributed by atoms with E-state index in [0.717, 1.165) is 17.3 Å². The summed E-state index contributed by atoms with van der Waals surface area (Å²) in [6.07, 6.45) is -3.76. The molecule has 0 radical (unpaired) electrons. The van der Waals surface area contributed by atoms with Crippen LogP contribution in [0, 0.1) is 6.92 Å². The number of aromatic nitrogens is 2.